The molecule has 0 aliphatic carbocycles. The van der Waals surface area contributed by atoms with E-state index in [1.54, 1.807) is 19.1 Å². The average molecular weight is 326 g/mol. The Labute approximate surface area is 131 Å². The number of ether oxygens (including phenoxy) is 1. The number of nitrogens with two attached hydrogens (primary N) is 1. The van der Waals surface area contributed by atoms with E-state index in [0.29, 0.717) is 38.2 Å². The fourth-order valence-corrected chi connectivity index (χ4v) is 3.32. The van der Waals surface area contributed by atoms with Gasteiger partial charge in [-0.1, -0.05) is 0 Å². The number of carbonyl (C=O) groups excluding carboxylic acids is 1. The average Bonchev–Trinajstić information content (AvgIpc) is 2.46. The van der Waals surface area contributed by atoms with Crippen LogP contribution in [0.2, 0.25) is 0 Å². The monoisotopic (exact) mass is 326 g/mol. The molecule has 0 amide bonds. The summed E-state index contributed by atoms with van der Waals surface area (Å²) in [5.41, 5.74) is 7.25. The molecule has 0 spiro atoms. The Hall–Kier alpha value is -1.76. The van der Waals surface area contributed by atoms with Gasteiger partial charge in [0.05, 0.1) is 28.8 Å². The van der Waals surface area contributed by atoms with Crippen LogP contribution in [-0.2, 0) is 19.4 Å². The first-order valence-electron chi connectivity index (χ1n) is 7.34. The molecule has 0 atom stereocenters. The highest BCUT2D eigenvalue weighted by atomic mass is 32.2. The van der Waals surface area contributed by atoms with E-state index in [2.05, 4.69) is 4.90 Å². The lowest BCUT2D eigenvalue weighted by Gasteiger charge is -2.33. The minimum atomic E-state index is -3.26. The van der Waals surface area contributed by atoms with E-state index >= 15 is 0 Å². The standard InChI is InChI=1S/C15H22N2O4S/c1-3-21-15(18)11-6-8-17(9-7-11)14-5-4-12(10-13(14)16)22(2,19)20/h4-5,10-11H,3,6-9,16H2,1-2H3. The fourth-order valence-electron chi connectivity index (χ4n) is 2.67. The van der Waals surface area contributed by atoms with Crippen molar-refractivity contribution in [3.05, 3.63) is 18.2 Å². The van der Waals surface area contributed by atoms with Gasteiger partial charge in [0.1, 0.15) is 0 Å². The van der Waals surface area contributed by atoms with Gasteiger partial charge >= 0.3 is 5.97 Å². The van der Waals surface area contributed by atoms with Gasteiger partial charge < -0.3 is 15.4 Å². The molecule has 1 heterocycles. The molecule has 1 saturated heterocycles. The SMILES string of the molecule is CCOC(=O)C1CCN(c2ccc(S(C)(=O)=O)cc2N)CC1. The molecule has 1 aromatic rings. The molecule has 1 aliphatic heterocycles. The van der Waals surface area contributed by atoms with Crippen molar-refractivity contribution in [3.8, 4) is 0 Å². The van der Waals surface area contributed by atoms with Crippen LogP contribution < -0.4 is 10.6 Å². The lowest BCUT2D eigenvalue weighted by molar-refractivity contribution is -0.148. The Morgan fingerprint density at radius 3 is 2.50 bits per heavy atom. The van der Waals surface area contributed by atoms with E-state index in [1.807, 2.05) is 0 Å². The Morgan fingerprint density at radius 2 is 2.00 bits per heavy atom. The predicted octanol–water partition coefficient (Wildman–Crippen LogP) is 1.45. The van der Waals surface area contributed by atoms with E-state index in [9.17, 15) is 13.2 Å². The zero-order chi connectivity index (χ0) is 16.3. The van der Waals surface area contributed by atoms with E-state index in [1.165, 1.54) is 6.07 Å². The van der Waals surface area contributed by atoms with Crippen LogP contribution in [0, 0.1) is 5.92 Å². The quantitative estimate of drug-likeness (QED) is 0.665. The van der Waals surface area contributed by atoms with Crippen LogP contribution in [0.1, 0.15) is 19.8 Å². The summed E-state index contributed by atoms with van der Waals surface area (Å²) in [6.07, 6.45) is 2.59. The molecule has 0 bridgehead atoms. The van der Waals surface area contributed by atoms with Gasteiger partial charge in [0.25, 0.3) is 0 Å². The molecule has 2 N–H and O–H groups in total. The highest BCUT2D eigenvalue weighted by molar-refractivity contribution is 7.90. The molecule has 122 valence electrons. The van der Waals surface area contributed by atoms with Crippen LogP contribution in [-0.4, -0.2) is 40.3 Å². The topological polar surface area (TPSA) is 89.7 Å². The van der Waals surface area contributed by atoms with Crippen LogP contribution in [0.5, 0.6) is 0 Å². The Morgan fingerprint density at radius 1 is 1.36 bits per heavy atom. The van der Waals surface area contributed by atoms with Crippen LogP contribution in [0.3, 0.4) is 0 Å². The third kappa shape index (κ3) is 3.71. The minimum absolute atomic E-state index is 0.0623. The second-order valence-corrected chi connectivity index (χ2v) is 7.52. The zero-order valence-corrected chi connectivity index (χ0v) is 13.7. The maximum Gasteiger partial charge on any atom is 0.309 e. The molecule has 2 rings (SSSR count). The summed E-state index contributed by atoms with van der Waals surface area (Å²) in [5.74, 6) is -0.199. The first-order chi connectivity index (χ1) is 10.3. The number of hydrogen-bond donors (Lipinski definition) is 1. The normalized spacial score (nSPS) is 16.5. The lowest BCUT2D eigenvalue weighted by atomic mass is 9.96. The van der Waals surface area contributed by atoms with Gasteiger partial charge in [-0.15, -0.1) is 0 Å². The van der Waals surface area contributed by atoms with Gasteiger partial charge in [0.2, 0.25) is 0 Å². The van der Waals surface area contributed by atoms with Crippen molar-refractivity contribution in [2.75, 3.05) is 36.6 Å². The van der Waals surface area contributed by atoms with Crippen molar-refractivity contribution < 1.29 is 17.9 Å². The number of nitrogens with zero attached hydrogens (tertiary/aromatic N) is 1. The van der Waals surface area contributed by atoms with Crippen molar-refractivity contribution in [2.45, 2.75) is 24.7 Å². The Balaban J connectivity index is 2.07. The molecule has 7 heteroatoms. The summed E-state index contributed by atoms with van der Waals surface area (Å²) in [6, 6.07) is 4.79. The number of carbonyl (C=O) groups is 1. The summed E-state index contributed by atoms with van der Waals surface area (Å²) < 4.78 is 28.1. The van der Waals surface area contributed by atoms with Gasteiger partial charge in [-0.3, -0.25) is 4.79 Å². The van der Waals surface area contributed by atoms with Gasteiger partial charge in [-0.2, -0.15) is 0 Å². The summed E-state index contributed by atoms with van der Waals surface area (Å²) in [6.45, 7) is 3.60. The van der Waals surface area contributed by atoms with Gasteiger partial charge in [-0.25, -0.2) is 8.42 Å². The molecule has 0 saturated carbocycles. The number of anilines is 2. The van der Waals surface area contributed by atoms with Gasteiger partial charge in [0, 0.05) is 19.3 Å². The third-order valence-electron chi connectivity index (χ3n) is 3.88. The number of benzene rings is 1. The number of esters is 1. The maximum absolute atomic E-state index is 11.7. The van der Waals surface area contributed by atoms with Crippen LogP contribution in [0.15, 0.2) is 23.1 Å². The number of nitrogen functional groups attached to an aromatic ring is 1. The molecule has 1 aliphatic rings. The molecular formula is C15H22N2O4S. The highest BCUT2D eigenvalue weighted by Crippen LogP contribution is 2.30. The maximum atomic E-state index is 11.7. The summed E-state index contributed by atoms with van der Waals surface area (Å²) in [5, 5.41) is 0. The van der Waals surface area contributed by atoms with Crippen LogP contribution in [0.4, 0.5) is 11.4 Å². The fraction of sp³-hybridized carbons (Fsp3) is 0.533. The highest BCUT2D eigenvalue weighted by Gasteiger charge is 2.27. The second kappa shape index (κ2) is 6.56. The number of piperidine rings is 1. The number of sulfone groups is 1. The molecule has 1 fully saturated rings. The molecule has 0 radical (unpaired) electrons. The second-order valence-electron chi connectivity index (χ2n) is 5.51. The Bertz CT molecular complexity index is 650. The summed E-state index contributed by atoms with van der Waals surface area (Å²) in [7, 11) is -3.26. The van der Waals surface area contributed by atoms with Crippen molar-refractivity contribution in [1.82, 2.24) is 0 Å². The molecule has 0 aromatic heterocycles. The molecule has 0 unspecified atom stereocenters. The first-order valence-corrected chi connectivity index (χ1v) is 9.23. The molecule has 1 aromatic carbocycles. The van der Waals surface area contributed by atoms with Crippen molar-refractivity contribution in [3.63, 3.8) is 0 Å². The van der Waals surface area contributed by atoms with Gasteiger partial charge in [0.15, 0.2) is 9.84 Å². The lowest BCUT2D eigenvalue weighted by Crippen LogP contribution is -2.37. The van der Waals surface area contributed by atoms with Crippen molar-refractivity contribution in [2.24, 2.45) is 5.92 Å². The Kier molecular flexibility index (Phi) is 4.95. The number of rotatable bonds is 4. The van der Waals surface area contributed by atoms with E-state index in [-0.39, 0.29) is 16.8 Å². The third-order valence-corrected chi connectivity index (χ3v) is 4.99. The van der Waals surface area contributed by atoms with E-state index in [0.717, 1.165) is 11.9 Å². The summed E-state index contributed by atoms with van der Waals surface area (Å²) in [4.78, 5) is 14.0. The van der Waals surface area contributed by atoms with E-state index < -0.39 is 9.84 Å². The smallest absolute Gasteiger partial charge is 0.309 e. The number of hydrogen-bond acceptors (Lipinski definition) is 6. The molecule has 6 nitrogen and oxygen atoms in total. The predicted molar refractivity (Wildman–Crippen MR) is 85.5 cm³/mol. The largest absolute Gasteiger partial charge is 0.466 e. The van der Waals surface area contributed by atoms with E-state index in [4.69, 9.17) is 10.5 Å². The molecular weight excluding hydrogens is 304 g/mol. The minimum Gasteiger partial charge on any atom is -0.466 e. The van der Waals surface area contributed by atoms with Gasteiger partial charge in [-0.05, 0) is 38.0 Å². The van der Waals surface area contributed by atoms with Crippen LogP contribution in [0.25, 0.3) is 0 Å². The summed E-state index contributed by atoms with van der Waals surface area (Å²) >= 11 is 0. The molecule has 22 heavy (non-hydrogen) atoms. The zero-order valence-electron chi connectivity index (χ0n) is 12.9. The van der Waals surface area contributed by atoms with Crippen molar-refractivity contribution >= 4 is 27.2 Å². The first kappa shape index (κ1) is 16.6. The van der Waals surface area contributed by atoms with Crippen LogP contribution >= 0.6 is 0 Å². The van der Waals surface area contributed by atoms with Crippen molar-refractivity contribution in [1.29, 1.82) is 0 Å².